The van der Waals surface area contributed by atoms with Gasteiger partial charge in [-0.25, -0.2) is 5.01 Å². The van der Waals surface area contributed by atoms with Crippen LogP contribution in [0.2, 0.25) is 0 Å². The summed E-state index contributed by atoms with van der Waals surface area (Å²) in [7, 11) is 1.66. The summed E-state index contributed by atoms with van der Waals surface area (Å²) in [5, 5.41) is 5.78. The molecule has 7 heteroatoms. The van der Waals surface area contributed by atoms with Crippen LogP contribution in [0, 0.1) is 6.92 Å². The van der Waals surface area contributed by atoms with E-state index in [1.807, 2.05) is 54.3 Å². The number of carbonyl (C=O) groups excluding carboxylic acids is 2. The molecule has 2 amide bonds. The number of benzene rings is 2. The molecule has 30 heavy (non-hydrogen) atoms. The van der Waals surface area contributed by atoms with E-state index in [4.69, 9.17) is 4.74 Å². The van der Waals surface area contributed by atoms with Gasteiger partial charge in [0.05, 0.1) is 12.8 Å². The molecule has 0 aromatic heterocycles. The summed E-state index contributed by atoms with van der Waals surface area (Å²) in [5.41, 5.74) is 3.34. The third kappa shape index (κ3) is 4.15. The molecule has 4 rings (SSSR count). The average molecular weight is 406 g/mol. The summed E-state index contributed by atoms with van der Waals surface area (Å²) >= 11 is 0. The number of hydrogen-bond donors (Lipinski definition) is 0. The number of hydrazone groups is 1. The first-order valence-electron chi connectivity index (χ1n) is 10.2. The van der Waals surface area contributed by atoms with Gasteiger partial charge in [0.25, 0.3) is 5.91 Å². The van der Waals surface area contributed by atoms with Crippen LogP contribution in [0.5, 0.6) is 5.75 Å². The van der Waals surface area contributed by atoms with E-state index < -0.39 is 0 Å². The Labute approximate surface area is 176 Å². The molecule has 2 aromatic carbocycles. The fraction of sp³-hybridized carbons (Fsp3) is 0.348. The molecule has 1 fully saturated rings. The Bertz CT molecular complexity index is 963. The summed E-state index contributed by atoms with van der Waals surface area (Å²) in [6.07, 6.45) is 0.679. The van der Waals surface area contributed by atoms with Gasteiger partial charge in [-0.05, 0) is 31.2 Å². The number of hydrogen-bond acceptors (Lipinski definition) is 5. The average Bonchev–Trinajstić information content (AvgIpc) is 2.80. The smallest absolute Gasteiger partial charge is 0.270 e. The van der Waals surface area contributed by atoms with Gasteiger partial charge in [-0.1, -0.05) is 23.8 Å². The summed E-state index contributed by atoms with van der Waals surface area (Å²) in [4.78, 5) is 29.5. The van der Waals surface area contributed by atoms with E-state index >= 15 is 0 Å². The zero-order valence-electron chi connectivity index (χ0n) is 17.4. The van der Waals surface area contributed by atoms with Gasteiger partial charge >= 0.3 is 0 Å². The van der Waals surface area contributed by atoms with Crippen molar-refractivity contribution >= 4 is 28.9 Å². The van der Waals surface area contributed by atoms with Crippen LogP contribution in [0.15, 0.2) is 53.6 Å². The molecule has 7 nitrogen and oxygen atoms in total. The summed E-state index contributed by atoms with van der Waals surface area (Å²) in [5.74, 6) is 0.659. The predicted octanol–water partition coefficient (Wildman–Crippen LogP) is 2.84. The Morgan fingerprint density at radius 2 is 1.70 bits per heavy atom. The number of piperazine rings is 1. The minimum atomic E-state index is -0.0850. The molecule has 0 atom stereocenters. The molecule has 2 aromatic rings. The molecular weight excluding hydrogens is 380 g/mol. The van der Waals surface area contributed by atoms with Crippen molar-refractivity contribution in [1.29, 1.82) is 0 Å². The highest BCUT2D eigenvalue weighted by Gasteiger charge is 2.30. The third-order valence-electron chi connectivity index (χ3n) is 5.54. The highest BCUT2D eigenvalue weighted by atomic mass is 16.5. The van der Waals surface area contributed by atoms with Gasteiger partial charge in [0.15, 0.2) is 0 Å². The van der Waals surface area contributed by atoms with E-state index in [1.54, 1.807) is 7.11 Å². The number of anilines is 2. The van der Waals surface area contributed by atoms with E-state index in [1.165, 1.54) is 5.01 Å². The quantitative estimate of drug-likeness (QED) is 0.783. The lowest BCUT2D eigenvalue weighted by atomic mass is 10.1. The topological polar surface area (TPSA) is 65.5 Å². The molecule has 0 radical (unpaired) electrons. The lowest BCUT2D eigenvalue weighted by Gasteiger charge is -2.36. The lowest BCUT2D eigenvalue weighted by Crippen LogP contribution is -2.51. The molecule has 0 spiro atoms. The van der Waals surface area contributed by atoms with Crippen LogP contribution in [0.3, 0.4) is 0 Å². The van der Waals surface area contributed by atoms with Gasteiger partial charge in [-0.3, -0.25) is 9.59 Å². The first-order valence-corrected chi connectivity index (χ1v) is 10.2. The molecule has 2 aliphatic rings. The van der Waals surface area contributed by atoms with Crippen LogP contribution in [-0.2, 0) is 9.59 Å². The van der Waals surface area contributed by atoms with Gasteiger partial charge in [0.1, 0.15) is 11.5 Å². The molecule has 0 N–H and O–H groups in total. The normalized spacial score (nSPS) is 17.1. The first-order chi connectivity index (χ1) is 14.5. The Morgan fingerprint density at radius 1 is 0.967 bits per heavy atom. The second-order valence-corrected chi connectivity index (χ2v) is 7.57. The van der Waals surface area contributed by atoms with Crippen molar-refractivity contribution in [1.82, 2.24) is 4.90 Å². The van der Waals surface area contributed by atoms with Crippen molar-refractivity contribution in [2.75, 3.05) is 43.2 Å². The van der Waals surface area contributed by atoms with Gasteiger partial charge < -0.3 is 14.5 Å². The fourth-order valence-corrected chi connectivity index (χ4v) is 3.75. The maximum absolute atomic E-state index is 13.1. The van der Waals surface area contributed by atoms with Gasteiger partial charge in [-0.2, -0.15) is 5.10 Å². The minimum Gasteiger partial charge on any atom is -0.497 e. The molecule has 0 bridgehead atoms. The highest BCUT2D eigenvalue weighted by molar-refractivity contribution is 6.40. The van der Waals surface area contributed by atoms with E-state index in [2.05, 4.69) is 16.1 Å². The fourth-order valence-electron chi connectivity index (χ4n) is 3.75. The molecular formula is C23H26N4O3. The van der Waals surface area contributed by atoms with E-state index in [0.29, 0.717) is 37.3 Å². The van der Waals surface area contributed by atoms with Crippen LogP contribution >= 0.6 is 0 Å². The lowest BCUT2D eigenvalue weighted by molar-refractivity contribution is -0.124. The maximum atomic E-state index is 13.1. The van der Waals surface area contributed by atoms with Gasteiger partial charge in [-0.15, -0.1) is 0 Å². The van der Waals surface area contributed by atoms with E-state index in [-0.39, 0.29) is 11.8 Å². The molecule has 0 aliphatic carbocycles. The van der Waals surface area contributed by atoms with Crippen molar-refractivity contribution in [2.24, 2.45) is 5.10 Å². The summed E-state index contributed by atoms with van der Waals surface area (Å²) < 4.78 is 5.31. The summed E-state index contributed by atoms with van der Waals surface area (Å²) in [6.45, 7) is 4.71. The van der Waals surface area contributed by atoms with Crippen LogP contribution in [0.25, 0.3) is 0 Å². The van der Waals surface area contributed by atoms with Gasteiger partial charge in [0.2, 0.25) is 5.91 Å². The second-order valence-electron chi connectivity index (χ2n) is 7.57. The molecule has 2 aliphatic heterocycles. The molecule has 0 saturated carbocycles. The largest absolute Gasteiger partial charge is 0.497 e. The third-order valence-corrected chi connectivity index (χ3v) is 5.54. The molecule has 156 valence electrons. The van der Waals surface area contributed by atoms with Crippen molar-refractivity contribution in [2.45, 2.75) is 19.8 Å². The number of nitrogens with zero attached hydrogens (tertiary/aromatic N) is 4. The maximum Gasteiger partial charge on any atom is 0.270 e. The van der Waals surface area contributed by atoms with Crippen molar-refractivity contribution in [3.05, 3.63) is 54.1 Å². The van der Waals surface area contributed by atoms with Crippen LogP contribution in [0.1, 0.15) is 18.4 Å². The molecule has 2 heterocycles. The standard InChI is InChI=1S/C23H26N4O3/c1-17-6-8-18(9-7-17)27-22(28)11-10-21(24-27)23(29)26-14-12-25(13-15-26)19-4-3-5-20(16-19)30-2/h3-9,16H,10-15H2,1-2H3. The Morgan fingerprint density at radius 3 is 2.40 bits per heavy atom. The second kappa shape index (κ2) is 8.57. The Hall–Kier alpha value is -3.35. The number of carbonyl (C=O) groups is 2. The monoisotopic (exact) mass is 406 g/mol. The minimum absolute atomic E-state index is 0.0788. The zero-order chi connectivity index (χ0) is 21.1. The van der Waals surface area contributed by atoms with E-state index in [0.717, 1.165) is 30.1 Å². The van der Waals surface area contributed by atoms with Crippen molar-refractivity contribution in [3.8, 4) is 5.75 Å². The molecule has 0 unspecified atom stereocenters. The predicted molar refractivity (Wildman–Crippen MR) is 117 cm³/mol. The Kier molecular flexibility index (Phi) is 5.70. The number of aryl methyl sites for hydroxylation is 1. The number of ether oxygens (including phenoxy) is 1. The first kappa shape index (κ1) is 19.9. The van der Waals surface area contributed by atoms with Crippen LogP contribution in [-0.4, -0.2) is 55.7 Å². The SMILES string of the molecule is COc1cccc(N2CCN(C(=O)C3=NN(c4ccc(C)cc4)C(=O)CC3)CC2)c1. The van der Waals surface area contributed by atoms with Gasteiger partial charge in [0, 0.05) is 50.8 Å². The number of amides is 2. The number of methoxy groups -OCH3 is 1. The van der Waals surface area contributed by atoms with Crippen molar-refractivity contribution < 1.29 is 14.3 Å². The highest BCUT2D eigenvalue weighted by Crippen LogP contribution is 2.24. The summed E-state index contributed by atoms with van der Waals surface area (Å²) in [6, 6.07) is 15.5. The Balaban J connectivity index is 1.43. The van der Waals surface area contributed by atoms with Crippen LogP contribution < -0.4 is 14.6 Å². The van der Waals surface area contributed by atoms with Crippen LogP contribution in [0.4, 0.5) is 11.4 Å². The molecule has 1 saturated heterocycles. The number of rotatable bonds is 4. The zero-order valence-corrected chi connectivity index (χ0v) is 17.4. The van der Waals surface area contributed by atoms with E-state index in [9.17, 15) is 9.59 Å². The van der Waals surface area contributed by atoms with Crippen molar-refractivity contribution in [3.63, 3.8) is 0 Å².